The van der Waals surface area contributed by atoms with E-state index < -0.39 is 23.5 Å². The predicted molar refractivity (Wildman–Crippen MR) is 79.6 cm³/mol. The van der Waals surface area contributed by atoms with E-state index in [1.165, 1.54) is 0 Å². The standard InChI is InChI=1S/C13H26N2O3S/c1-6-19-8-7-9(2)14-12(18)15-10(11(16)17)13(3,4)5/h9-10H,6-8H2,1-5H3,(H,16,17)(H2,14,15,18). The summed E-state index contributed by atoms with van der Waals surface area (Å²) in [7, 11) is 0. The summed E-state index contributed by atoms with van der Waals surface area (Å²) in [6.07, 6.45) is 0.874. The average molecular weight is 290 g/mol. The smallest absolute Gasteiger partial charge is 0.326 e. The second-order valence-corrected chi connectivity index (χ2v) is 7.04. The Hall–Kier alpha value is -0.910. The van der Waals surface area contributed by atoms with Gasteiger partial charge in [0.25, 0.3) is 0 Å². The molecule has 2 amide bonds. The summed E-state index contributed by atoms with van der Waals surface area (Å²) in [5, 5.41) is 14.4. The summed E-state index contributed by atoms with van der Waals surface area (Å²) >= 11 is 1.82. The van der Waals surface area contributed by atoms with Gasteiger partial charge < -0.3 is 15.7 Å². The van der Waals surface area contributed by atoms with E-state index in [1.54, 1.807) is 20.8 Å². The molecule has 0 spiro atoms. The lowest BCUT2D eigenvalue weighted by Gasteiger charge is -2.28. The van der Waals surface area contributed by atoms with Crippen LogP contribution in [0, 0.1) is 5.41 Å². The van der Waals surface area contributed by atoms with E-state index in [4.69, 9.17) is 5.11 Å². The Morgan fingerprint density at radius 3 is 2.26 bits per heavy atom. The highest BCUT2D eigenvalue weighted by molar-refractivity contribution is 7.99. The molecule has 0 aromatic heterocycles. The van der Waals surface area contributed by atoms with Crippen LogP contribution in [0.3, 0.4) is 0 Å². The van der Waals surface area contributed by atoms with Crippen molar-refractivity contribution in [2.45, 2.75) is 53.1 Å². The van der Waals surface area contributed by atoms with Crippen LogP contribution >= 0.6 is 11.8 Å². The summed E-state index contributed by atoms with van der Waals surface area (Å²) in [4.78, 5) is 22.9. The van der Waals surface area contributed by atoms with Crippen LogP contribution in [-0.4, -0.2) is 40.7 Å². The molecule has 0 aliphatic carbocycles. The van der Waals surface area contributed by atoms with E-state index in [0.29, 0.717) is 0 Å². The van der Waals surface area contributed by atoms with Crippen LogP contribution in [0.25, 0.3) is 0 Å². The van der Waals surface area contributed by atoms with Crippen LogP contribution in [0.15, 0.2) is 0 Å². The van der Waals surface area contributed by atoms with Crippen LogP contribution in [0.2, 0.25) is 0 Å². The highest BCUT2D eigenvalue weighted by atomic mass is 32.2. The summed E-state index contributed by atoms with van der Waals surface area (Å²) in [6.45, 7) is 9.37. The number of rotatable bonds is 7. The molecule has 0 aliphatic rings. The SMILES string of the molecule is CCSCCC(C)NC(=O)NC(C(=O)O)C(C)(C)C. The quantitative estimate of drug-likeness (QED) is 0.629. The van der Waals surface area contributed by atoms with Gasteiger partial charge in [0.1, 0.15) is 6.04 Å². The molecule has 0 saturated carbocycles. The Labute approximate surface area is 119 Å². The summed E-state index contributed by atoms with van der Waals surface area (Å²) in [6, 6.07) is -1.28. The van der Waals surface area contributed by atoms with E-state index in [1.807, 2.05) is 18.7 Å². The Morgan fingerprint density at radius 2 is 1.84 bits per heavy atom. The van der Waals surface area contributed by atoms with Gasteiger partial charge in [-0.1, -0.05) is 27.7 Å². The molecule has 0 rings (SSSR count). The molecule has 0 aromatic rings. The summed E-state index contributed by atoms with van der Waals surface area (Å²) in [5.74, 6) is 1.03. The average Bonchev–Trinajstić information content (AvgIpc) is 2.24. The van der Waals surface area contributed by atoms with Crippen LogP contribution in [0.1, 0.15) is 41.0 Å². The van der Waals surface area contributed by atoms with Crippen molar-refractivity contribution in [2.24, 2.45) is 5.41 Å². The first-order valence-electron chi connectivity index (χ1n) is 6.56. The van der Waals surface area contributed by atoms with Crippen molar-refractivity contribution in [3.8, 4) is 0 Å². The molecular formula is C13H26N2O3S. The van der Waals surface area contributed by atoms with Gasteiger partial charge in [0, 0.05) is 6.04 Å². The zero-order chi connectivity index (χ0) is 15.1. The zero-order valence-corrected chi connectivity index (χ0v) is 13.3. The fourth-order valence-electron chi connectivity index (χ4n) is 1.52. The third-order valence-electron chi connectivity index (χ3n) is 2.67. The lowest BCUT2D eigenvalue weighted by atomic mass is 9.87. The number of nitrogens with one attached hydrogen (secondary N) is 2. The molecule has 0 saturated heterocycles. The molecule has 19 heavy (non-hydrogen) atoms. The molecule has 2 atom stereocenters. The van der Waals surface area contributed by atoms with E-state index >= 15 is 0 Å². The Kier molecular flexibility index (Phi) is 7.90. The number of carboxylic acid groups (broad SMARTS) is 1. The van der Waals surface area contributed by atoms with Crippen molar-refractivity contribution in [3.05, 3.63) is 0 Å². The number of carbonyl (C=O) groups is 2. The molecule has 0 radical (unpaired) electrons. The van der Waals surface area contributed by atoms with E-state index in [2.05, 4.69) is 17.6 Å². The number of hydrogen-bond acceptors (Lipinski definition) is 3. The minimum Gasteiger partial charge on any atom is -0.480 e. The van der Waals surface area contributed by atoms with Gasteiger partial charge in [-0.2, -0.15) is 11.8 Å². The van der Waals surface area contributed by atoms with E-state index in [-0.39, 0.29) is 6.04 Å². The second-order valence-electron chi connectivity index (χ2n) is 5.64. The maximum atomic E-state index is 11.8. The number of amides is 2. The van der Waals surface area contributed by atoms with Crippen LogP contribution in [0.5, 0.6) is 0 Å². The molecule has 0 heterocycles. The van der Waals surface area contributed by atoms with Gasteiger partial charge in [-0.05, 0) is 30.3 Å². The first-order valence-corrected chi connectivity index (χ1v) is 7.71. The number of aliphatic carboxylic acids is 1. The highest BCUT2D eigenvalue weighted by Crippen LogP contribution is 2.19. The zero-order valence-electron chi connectivity index (χ0n) is 12.4. The predicted octanol–water partition coefficient (Wildman–Crippen LogP) is 2.32. The first kappa shape index (κ1) is 18.1. The molecule has 0 bridgehead atoms. The fraction of sp³-hybridized carbons (Fsp3) is 0.846. The number of hydrogen-bond donors (Lipinski definition) is 3. The van der Waals surface area contributed by atoms with Gasteiger partial charge in [0.15, 0.2) is 0 Å². The van der Waals surface area contributed by atoms with E-state index in [0.717, 1.165) is 17.9 Å². The third-order valence-corrected chi connectivity index (χ3v) is 3.60. The van der Waals surface area contributed by atoms with Crippen LogP contribution in [0.4, 0.5) is 4.79 Å². The van der Waals surface area contributed by atoms with Crippen molar-refractivity contribution in [3.63, 3.8) is 0 Å². The molecule has 0 fully saturated rings. The number of urea groups is 1. The van der Waals surface area contributed by atoms with Crippen molar-refractivity contribution in [1.82, 2.24) is 10.6 Å². The fourth-order valence-corrected chi connectivity index (χ4v) is 2.33. The van der Waals surface area contributed by atoms with Gasteiger partial charge in [0.2, 0.25) is 0 Å². The lowest BCUT2D eigenvalue weighted by Crippen LogP contribution is -2.53. The van der Waals surface area contributed by atoms with Crippen molar-refractivity contribution in [1.29, 1.82) is 0 Å². The minimum absolute atomic E-state index is 0.0356. The topological polar surface area (TPSA) is 78.4 Å². The molecule has 6 heteroatoms. The first-order chi connectivity index (χ1) is 8.68. The Morgan fingerprint density at radius 1 is 1.26 bits per heavy atom. The summed E-state index contributed by atoms with van der Waals surface area (Å²) < 4.78 is 0. The van der Waals surface area contributed by atoms with Gasteiger partial charge >= 0.3 is 12.0 Å². The van der Waals surface area contributed by atoms with Gasteiger partial charge in [-0.3, -0.25) is 0 Å². The highest BCUT2D eigenvalue weighted by Gasteiger charge is 2.32. The van der Waals surface area contributed by atoms with Gasteiger partial charge in [-0.25, -0.2) is 9.59 Å². The van der Waals surface area contributed by atoms with E-state index in [9.17, 15) is 9.59 Å². The Bertz CT molecular complexity index is 303. The molecule has 5 nitrogen and oxygen atoms in total. The second kappa shape index (κ2) is 8.30. The molecule has 3 N–H and O–H groups in total. The number of thioether (sulfide) groups is 1. The third kappa shape index (κ3) is 7.97. The number of carboxylic acids is 1. The Balaban J connectivity index is 4.24. The summed E-state index contributed by atoms with van der Waals surface area (Å²) in [5.41, 5.74) is -0.523. The monoisotopic (exact) mass is 290 g/mol. The van der Waals surface area contributed by atoms with Crippen molar-refractivity contribution in [2.75, 3.05) is 11.5 Å². The maximum Gasteiger partial charge on any atom is 0.326 e. The maximum absolute atomic E-state index is 11.8. The largest absolute Gasteiger partial charge is 0.480 e. The normalized spacial score (nSPS) is 14.6. The van der Waals surface area contributed by atoms with Crippen molar-refractivity contribution < 1.29 is 14.7 Å². The number of carbonyl (C=O) groups excluding carboxylic acids is 1. The molecule has 112 valence electrons. The molecular weight excluding hydrogens is 264 g/mol. The molecule has 0 aromatic carbocycles. The lowest BCUT2D eigenvalue weighted by molar-refractivity contribution is -0.141. The van der Waals surface area contributed by atoms with Crippen molar-refractivity contribution >= 4 is 23.8 Å². The molecule has 2 unspecified atom stereocenters. The molecule has 0 aliphatic heterocycles. The van der Waals surface area contributed by atoms with Crippen LogP contribution < -0.4 is 10.6 Å². The minimum atomic E-state index is -1.02. The van der Waals surface area contributed by atoms with Gasteiger partial charge in [0.05, 0.1) is 0 Å². The van der Waals surface area contributed by atoms with Crippen LogP contribution in [-0.2, 0) is 4.79 Å². The van der Waals surface area contributed by atoms with Gasteiger partial charge in [-0.15, -0.1) is 0 Å².